The molecule has 2 aromatic carbocycles. The van der Waals surface area contributed by atoms with E-state index in [1.54, 1.807) is 0 Å². The average Bonchev–Trinajstić information content (AvgIpc) is 3.34. The Morgan fingerprint density at radius 1 is 1.06 bits per heavy atom. The number of hydrogen-bond donors (Lipinski definition) is 5. The molecule has 0 bridgehead atoms. The van der Waals surface area contributed by atoms with Crippen LogP contribution in [0.2, 0.25) is 0 Å². The van der Waals surface area contributed by atoms with E-state index in [2.05, 4.69) is 24.1 Å². The van der Waals surface area contributed by atoms with Gasteiger partial charge >= 0.3 is 11.9 Å². The molecule has 5 N–H and O–H groups in total. The van der Waals surface area contributed by atoms with E-state index in [1.807, 2.05) is 24.3 Å². The van der Waals surface area contributed by atoms with Crippen molar-refractivity contribution in [3.8, 4) is 11.5 Å². The summed E-state index contributed by atoms with van der Waals surface area (Å²) < 4.78 is 32.4. The van der Waals surface area contributed by atoms with Crippen molar-refractivity contribution < 1.29 is 43.5 Å². The third-order valence-corrected chi connectivity index (χ3v) is 5.42. The number of nitrogens with zero attached hydrogens (tertiary/aromatic N) is 1. The normalized spacial score (nSPS) is 17.0. The van der Waals surface area contributed by atoms with Crippen LogP contribution in [-0.4, -0.2) is 74.6 Å². The molecule has 1 aliphatic heterocycles. The first-order valence-electron chi connectivity index (χ1n) is 11.0. The molecule has 0 saturated carbocycles. The summed E-state index contributed by atoms with van der Waals surface area (Å²) in [5, 5.41) is 35.9. The standard InChI is InChI=1S/C20H24F2N2O.C4H6O6/c1-14(2)24(16-9-10-23-12-16)13-15-5-3-4-6-20(15)25-17-7-8-18(21)19(22)11-17;5-1(3(7)8)2(6)4(9)10/h3-8,11,14,16,23H,9-10,12-13H2,1-2H3;1-2,5-6H,(H,7,8)(H,9,10)/t16-;/m0./s1. The Hall–Kier alpha value is -3.12. The summed E-state index contributed by atoms with van der Waals surface area (Å²) in [6.45, 7) is 7.17. The lowest BCUT2D eigenvalue weighted by molar-refractivity contribution is -0.165. The van der Waals surface area contributed by atoms with Gasteiger partial charge in [-0.1, -0.05) is 18.2 Å². The van der Waals surface area contributed by atoms with Gasteiger partial charge in [-0.05, 0) is 45.0 Å². The maximum absolute atomic E-state index is 13.4. The molecule has 1 saturated heterocycles. The van der Waals surface area contributed by atoms with Crippen molar-refractivity contribution in [3.63, 3.8) is 0 Å². The fourth-order valence-electron chi connectivity index (χ4n) is 3.52. The van der Waals surface area contributed by atoms with Crippen LogP contribution in [-0.2, 0) is 16.1 Å². The number of aliphatic hydroxyl groups is 2. The van der Waals surface area contributed by atoms with Crippen LogP contribution >= 0.6 is 0 Å². The zero-order chi connectivity index (χ0) is 26.1. The Balaban J connectivity index is 0.000000367. The van der Waals surface area contributed by atoms with Crippen LogP contribution in [0, 0.1) is 11.6 Å². The summed E-state index contributed by atoms with van der Waals surface area (Å²) in [5.74, 6) is -4.35. The highest BCUT2D eigenvalue weighted by Crippen LogP contribution is 2.29. The second-order valence-corrected chi connectivity index (χ2v) is 8.26. The van der Waals surface area contributed by atoms with E-state index in [9.17, 15) is 18.4 Å². The molecule has 2 unspecified atom stereocenters. The number of para-hydroxylation sites is 1. The SMILES string of the molecule is CC(C)N(Cc1ccccc1Oc1ccc(F)c(F)c1)[C@H]1CCNC1.O=C(O)C(O)C(O)C(=O)O. The average molecular weight is 497 g/mol. The van der Waals surface area contributed by atoms with Crippen molar-refractivity contribution in [2.24, 2.45) is 0 Å². The predicted octanol–water partition coefficient (Wildman–Crippen LogP) is 2.21. The maximum atomic E-state index is 13.4. The van der Waals surface area contributed by atoms with Crippen molar-refractivity contribution >= 4 is 11.9 Å². The van der Waals surface area contributed by atoms with Gasteiger partial charge in [-0.3, -0.25) is 4.90 Å². The summed E-state index contributed by atoms with van der Waals surface area (Å²) in [6, 6.07) is 12.2. The minimum Gasteiger partial charge on any atom is -0.479 e. The molecular weight excluding hydrogens is 466 g/mol. The summed E-state index contributed by atoms with van der Waals surface area (Å²) >= 11 is 0. The number of carboxylic acid groups (broad SMARTS) is 2. The number of aliphatic hydroxyl groups excluding tert-OH is 2. The Bertz CT molecular complexity index is 982. The first-order chi connectivity index (χ1) is 16.5. The van der Waals surface area contributed by atoms with Crippen LogP contribution in [0.3, 0.4) is 0 Å². The van der Waals surface area contributed by atoms with E-state index in [0.29, 0.717) is 23.6 Å². The molecule has 192 valence electrons. The molecule has 9 nitrogen and oxygen atoms in total. The van der Waals surface area contributed by atoms with Crippen molar-refractivity contribution in [2.45, 2.75) is 51.1 Å². The molecule has 35 heavy (non-hydrogen) atoms. The first kappa shape index (κ1) is 28.1. The molecule has 1 fully saturated rings. The lowest BCUT2D eigenvalue weighted by Gasteiger charge is -2.32. The van der Waals surface area contributed by atoms with Gasteiger partial charge in [-0.2, -0.15) is 0 Å². The zero-order valence-electron chi connectivity index (χ0n) is 19.4. The smallest absolute Gasteiger partial charge is 0.335 e. The van der Waals surface area contributed by atoms with Crippen LogP contribution in [0.5, 0.6) is 11.5 Å². The van der Waals surface area contributed by atoms with Crippen LogP contribution in [0.15, 0.2) is 42.5 Å². The highest BCUT2D eigenvalue weighted by atomic mass is 19.2. The van der Waals surface area contributed by atoms with Crippen LogP contribution < -0.4 is 10.1 Å². The number of nitrogens with one attached hydrogen (secondary N) is 1. The predicted molar refractivity (Wildman–Crippen MR) is 122 cm³/mol. The summed E-state index contributed by atoms with van der Waals surface area (Å²) in [4.78, 5) is 22.0. The first-order valence-corrected chi connectivity index (χ1v) is 11.0. The van der Waals surface area contributed by atoms with E-state index >= 15 is 0 Å². The van der Waals surface area contributed by atoms with Crippen molar-refractivity contribution in [1.82, 2.24) is 10.2 Å². The fraction of sp³-hybridized carbons (Fsp3) is 0.417. The maximum Gasteiger partial charge on any atom is 0.335 e. The van der Waals surface area contributed by atoms with Gasteiger partial charge in [-0.15, -0.1) is 0 Å². The molecule has 0 spiro atoms. The van der Waals surface area contributed by atoms with Gasteiger partial charge in [0.25, 0.3) is 0 Å². The summed E-state index contributed by atoms with van der Waals surface area (Å²) in [5.41, 5.74) is 1.04. The fourth-order valence-corrected chi connectivity index (χ4v) is 3.52. The third kappa shape index (κ3) is 8.25. The molecular formula is C24H30F2N2O7. The highest BCUT2D eigenvalue weighted by molar-refractivity contribution is 5.83. The molecule has 0 aliphatic carbocycles. The number of aliphatic carboxylic acids is 2. The van der Waals surface area contributed by atoms with Crippen LogP contribution in [0.4, 0.5) is 8.78 Å². The number of ether oxygens (including phenoxy) is 1. The minimum absolute atomic E-state index is 0.296. The quantitative estimate of drug-likeness (QED) is 0.353. The number of hydrogen-bond acceptors (Lipinski definition) is 7. The Morgan fingerprint density at radius 3 is 2.20 bits per heavy atom. The highest BCUT2D eigenvalue weighted by Gasteiger charge is 2.29. The van der Waals surface area contributed by atoms with E-state index in [0.717, 1.165) is 43.8 Å². The third-order valence-electron chi connectivity index (χ3n) is 5.42. The monoisotopic (exact) mass is 496 g/mol. The van der Waals surface area contributed by atoms with Gasteiger partial charge < -0.3 is 30.5 Å². The van der Waals surface area contributed by atoms with Crippen LogP contribution in [0.1, 0.15) is 25.8 Å². The molecule has 11 heteroatoms. The molecule has 0 amide bonds. The second-order valence-electron chi connectivity index (χ2n) is 8.26. The van der Waals surface area contributed by atoms with E-state index in [-0.39, 0.29) is 0 Å². The van der Waals surface area contributed by atoms with E-state index in [4.69, 9.17) is 25.2 Å². The number of carboxylic acids is 2. The van der Waals surface area contributed by atoms with Crippen molar-refractivity contribution in [1.29, 1.82) is 0 Å². The largest absolute Gasteiger partial charge is 0.479 e. The Morgan fingerprint density at radius 2 is 1.69 bits per heavy atom. The van der Waals surface area contributed by atoms with E-state index < -0.39 is 35.8 Å². The lowest BCUT2D eigenvalue weighted by atomic mass is 10.1. The van der Waals surface area contributed by atoms with Gasteiger partial charge in [0.2, 0.25) is 0 Å². The van der Waals surface area contributed by atoms with Crippen LogP contribution in [0.25, 0.3) is 0 Å². The summed E-state index contributed by atoms with van der Waals surface area (Å²) in [7, 11) is 0. The number of rotatable bonds is 9. The molecule has 3 atom stereocenters. The Kier molecular flexibility index (Phi) is 10.5. The van der Waals surface area contributed by atoms with Gasteiger partial charge in [-0.25, -0.2) is 18.4 Å². The summed E-state index contributed by atoms with van der Waals surface area (Å²) in [6.07, 6.45) is -3.40. The second kappa shape index (κ2) is 13.1. The molecule has 1 heterocycles. The molecule has 1 aliphatic rings. The molecule has 0 radical (unpaired) electrons. The number of carbonyl (C=O) groups is 2. The molecule has 0 aromatic heterocycles. The van der Waals surface area contributed by atoms with Crippen molar-refractivity contribution in [2.75, 3.05) is 13.1 Å². The Labute approximate surface area is 201 Å². The van der Waals surface area contributed by atoms with Gasteiger partial charge in [0, 0.05) is 36.8 Å². The lowest BCUT2D eigenvalue weighted by Crippen LogP contribution is -2.41. The zero-order valence-corrected chi connectivity index (χ0v) is 19.4. The minimum atomic E-state index is -2.27. The number of benzene rings is 2. The van der Waals surface area contributed by atoms with E-state index in [1.165, 1.54) is 6.07 Å². The van der Waals surface area contributed by atoms with Gasteiger partial charge in [0.15, 0.2) is 23.8 Å². The number of halogens is 2. The van der Waals surface area contributed by atoms with Crippen molar-refractivity contribution in [3.05, 3.63) is 59.7 Å². The van der Waals surface area contributed by atoms with Gasteiger partial charge in [0.1, 0.15) is 11.5 Å². The van der Waals surface area contributed by atoms with Gasteiger partial charge in [0.05, 0.1) is 0 Å². The molecule has 3 rings (SSSR count). The molecule has 2 aromatic rings. The topological polar surface area (TPSA) is 140 Å².